The van der Waals surface area contributed by atoms with Crippen molar-refractivity contribution >= 4 is 11.0 Å². The summed E-state index contributed by atoms with van der Waals surface area (Å²) in [5.41, 5.74) is 2.94. The van der Waals surface area contributed by atoms with Crippen LogP contribution in [-0.4, -0.2) is 4.98 Å². The van der Waals surface area contributed by atoms with Gasteiger partial charge in [-0.15, -0.1) is 0 Å². The highest BCUT2D eigenvalue weighted by Gasteiger charge is 2.10. The molecule has 4 aromatic rings. The van der Waals surface area contributed by atoms with Gasteiger partial charge >= 0.3 is 0 Å². The van der Waals surface area contributed by atoms with Crippen LogP contribution in [0.25, 0.3) is 33.6 Å². The Bertz CT molecular complexity index is 1080. The average molecular weight is 327 g/mol. The van der Waals surface area contributed by atoms with Crippen molar-refractivity contribution in [2.75, 3.05) is 0 Å². The van der Waals surface area contributed by atoms with Crippen LogP contribution in [0.1, 0.15) is 0 Å². The van der Waals surface area contributed by atoms with Crippen molar-refractivity contribution in [2.24, 2.45) is 0 Å². The Hall–Kier alpha value is -3.40. The Morgan fingerprint density at radius 1 is 0.840 bits per heavy atom. The molecule has 0 saturated carbocycles. The van der Waals surface area contributed by atoms with Crippen LogP contribution in [0.2, 0.25) is 0 Å². The van der Waals surface area contributed by atoms with E-state index in [-0.39, 0.29) is 11.4 Å². The van der Waals surface area contributed by atoms with E-state index in [1.807, 2.05) is 54.6 Å². The number of aromatic nitrogens is 1. The van der Waals surface area contributed by atoms with Gasteiger partial charge < -0.3 is 9.15 Å². The van der Waals surface area contributed by atoms with Crippen molar-refractivity contribution in [3.05, 3.63) is 90.3 Å². The first kappa shape index (κ1) is 15.1. The third kappa shape index (κ3) is 2.90. The van der Waals surface area contributed by atoms with Crippen LogP contribution in [0.4, 0.5) is 0 Å². The molecule has 0 aliphatic carbocycles. The summed E-state index contributed by atoms with van der Waals surface area (Å²) in [6, 6.07) is 22.5. The molecule has 0 N–H and O–H groups in total. The molecule has 4 nitrogen and oxygen atoms in total. The number of fused-ring (bicyclic) bond motifs is 1. The molecule has 3 aromatic carbocycles. The van der Waals surface area contributed by atoms with Crippen LogP contribution in [0.3, 0.4) is 0 Å². The van der Waals surface area contributed by atoms with Gasteiger partial charge in [-0.2, -0.15) is 4.98 Å². The van der Waals surface area contributed by atoms with E-state index in [1.54, 1.807) is 18.2 Å². The predicted molar refractivity (Wildman–Crippen MR) is 96.1 cm³/mol. The van der Waals surface area contributed by atoms with Crippen LogP contribution in [0, 0.1) is 7.11 Å². The molecule has 0 atom stereocenters. The zero-order valence-electron chi connectivity index (χ0n) is 13.2. The molecule has 0 aliphatic heterocycles. The summed E-state index contributed by atoms with van der Waals surface area (Å²) in [4.78, 5) is 16.3. The number of benzene rings is 3. The molecule has 4 heteroatoms. The van der Waals surface area contributed by atoms with Gasteiger partial charge in [0.05, 0.1) is 5.39 Å². The van der Waals surface area contributed by atoms with E-state index in [1.165, 1.54) is 0 Å². The average Bonchev–Trinajstić information content (AvgIpc) is 2.68. The fraction of sp³-hybridized carbons (Fsp3) is 0. The largest absolute Gasteiger partial charge is 0.482 e. The Morgan fingerprint density at radius 3 is 2.24 bits per heavy atom. The number of nitrogens with zero attached hydrogens (tertiary/aromatic N) is 1. The van der Waals surface area contributed by atoms with Crippen LogP contribution in [0.15, 0.2) is 82.0 Å². The topological polar surface area (TPSA) is 52.3 Å². The Kier molecular flexibility index (Phi) is 3.78. The van der Waals surface area contributed by atoms with E-state index in [2.05, 4.69) is 4.98 Å². The first-order chi connectivity index (χ1) is 12.2. The molecule has 1 heterocycles. The van der Waals surface area contributed by atoms with Crippen molar-refractivity contribution in [2.45, 2.75) is 0 Å². The van der Waals surface area contributed by atoms with E-state index in [0.29, 0.717) is 16.7 Å². The van der Waals surface area contributed by atoms with Gasteiger partial charge in [-0.25, -0.2) is 0 Å². The van der Waals surface area contributed by atoms with Gasteiger partial charge in [-0.1, -0.05) is 42.5 Å². The standard InChI is InChI=1S/C21H13NO3/c1-24-17-11-12-18-19(13-17)25-21(22-20(18)23)16-9-7-15(8-10-16)14-5-3-2-4-6-14/h1-13H. The number of hydrogen-bond acceptors (Lipinski definition) is 4. The lowest BCUT2D eigenvalue weighted by Crippen LogP contribution is -2.07. The van der Waals surface area contributed by atoms with Crippen molar-refractivity contribution in [1.29, 1.82) is 0 Å². The molecule has 25 heavy (non-hydrogen) atoms. The lowest BCUT2D eigenvalue weighted by Gasteiger charge is -2.05. The van der Waals surface area contributed by atoms with Crippen molar-refractivity contribution in [3.63, 3.8) is 0 Å². The highest BCUT2D eigenvalue weighted by atomic mass is 16.5. The monoisotopic (exact) mass is 327 g/mol. The molecule has 4 rings (SSSR count). The quantitative estimate of drug-likeness (QED) is 0.553. The van der Waals surface area contributed by atoms with E-state index < -0.39 is 0 Å². The van der Waals surface area contributed by atoms with Gasteiger partial charge in [0.1, 0.15) is 11.3 Å². The maximum Gasteiger partial charge on any atom is 0.284 e. The highest BCUT2D eigenvalue weighted by molar-refractivity contribution is 5.78. The minimum Gasteiger partial charge on any atom is -0.482 e. The third-order valence-electron chi connectivity index (χ3n) is 3.97. The Labute approximate surface area is 144 Å². The van der Waals surface area contributed by atoms with Crippen molar-refractivity contribution < 1.29 is 9.15 Å². The second-order valence-corrected chi connectivity index (χ2v) is 5.54. The molecule has 0 saturated heterocycles. The SMILES string of the molecule is [CH]Oc1ccc2c(=O)nc(-c3ccc(-c4ccccc4)cc3)oc2c1. The summed E-state index contributed by atoms with van der Waals surface area (Å²) in [7, 11) is 5.16. The Balaban J connectivity index is 1.78. The molecule has 0 fully saturated rings. The number of ether oxygens (including phenoxy) is 1. The molecular weight excluding hydrogens is 314 g/mol. The molecule has 0 spiro atoms. The van der Waals surface area contributed by atoms with Crippen LogP contribution < -0.4 is 10.3 Å². The van der Waals surface area contributed by atoms with Crippen LogP contribution in [-0.2, 0) is 0 Å². The summed E-state index contributed by atoms with van der Waals surface area (Å²) in [5.74, 6) is 0.665. The highest BCUT2D eigenvalue weighted by Crippen LogP contribution is 2.26. The lowest BCUT2D eigenvalue weighted by molar-refractivity contribution is 0.472. The summed E-state index contributed by atoms with van der Waals surface area (Å²) < 4.78 is 10.5. The predicted octanol–water partition coefficient (Wildman–Crippen LogP) is 4.57. The summed E-state index contributed by atoms with van der Waals surface area (Å²) in [5, 5.41) is 0.380. The molecule has 0 aliphatic rings. The van der Waals surface area contributed by atoms with Gasteiger partial charge in [0.2, 0.25) is 5.89 Å². The molecule has 0 amide bonds. The number of rotatable bonds is 3. The summed E-state index contributed by atoms with van der Waals surface area (Å²) in [6.45, 7) is 0. The maximum atomic E-state index is 12.2. The molecule has 120 valence electrons. The molecular formula is C21H13NO3. The van der Waals surface area contributed by atoms with Crippen molar-refractivity contribution in [1.82, 2.24) is 4.98 Å². The minimum absolute atomic E-state index is 0.256. The van der Waals surface area contributed by atoms with Crippen LogP contribution >= 0.6 is 0 Å². The normalized spacial score (nSPS) is 10.8. The van der Waals surface area contributed by atoms with Gasteiger partial charge in [0, 0.05) is 11.6 Å². The lowest BCUT2D eigenvalue weighted by atomic mass is 10.0. The fourth-order valence-corrected chi connectivity index (χ4v) is 2.68. The van der Waals surface area contributed by atoms with Gasteiger partial charge in [0.15, 0.2) is 7.11 Å². The Morgan fingerprint density at radius 2 is 1.52 bits per heavy atom. The van der Waals surface area contributed by atoms with E-state index in [4.69, 9.17) is 16.3 Å². The van der Waals surface area contributed by atoms with Gasteiger partial charge in [-0.05, 0) is 35.4 Å². The van der Waals surface area contributed by atoms with Crippen LogP contribution in [0.5, 0.6) is 5.75 Å². The minimum atomic E-state index is -0.355. The summed E-state index contributed by atoms with van der Waals surface area (Å²) in [6.07, 6.45) is 0. The van der Waals surface area contributed by atoms with E-state index in [0.717, 1.165) is 16.7 Å². The first-order valence-corrected chi connectivity index (χ1v) is 7.72. The fourth-order valence-electron chi connectivity index (χ4n) is 2.68. The van der Waals surface area contributed by atoms with E-state index in [9.17, 15) is 4.79 Å². The van der Waals surface area contributed by atoms with Gasteiger partial charge in [0.25, 0.3) is 5.56 Å². The molecule has 0 bridgehead atoms. The molecule has 2 radical (unpaired) electrons. The zero-order chi connectivity index (χ0) is 17.2. The van der Waals surface area contributed by atoms with E-state index >= 15 is 0 Å². The second kappa shape index (κ2) is 6.24. The summed E-state index contributed by atoms with van der Waals surface area (Å²) >= 11 is 0. The molecule has 1 aromatic heterocycles. The first-order valence-electron chi connectivity index (χ1n) is 7.72. The zero-order valence-corrected chi connectivity index (χ0v) is 13.2. The molecule has 0 unspecified atom stereocenters. The van der Waals surface area contributed by atoms with Gasteiger partial charge in [-0.3, -0.25) is 4.79 Å². The second-order valence-electron chi connectivity index (χ2n) is 5.54. The smallest absolute Gasteiger partial charge is 0.284 e. The number of hydrogen-bond donors (Lipinski definition) is 0. The van der Waals surface area contributed by atoms with Crippen molar-refractivity contribution in [3.8, 4) is 28.3 Å². The maximum absolute atomic E-state index is 12.2. The third-order valence-corrected chi connectivity index (χ3v) is 3.97.